The topological polar surface area (TPSA) is 16.4 Å². The summed E-state index contributed by atoms with van der Waals surface area (Å²) in [5, 5.41) is 6.14. The molecule has 0 atom stereocenters. The predicted molar refractivity (Wildman–Crippen MR) is 253 cm³/mol. The third kappa shape index (κ3) is 6.41. The van der Waals surface area contributed by atoms with Gasteiger partial charge in [0, 0.05) is 27.9 Å². The Labute approximate surface area is 349 Å². The zero-order valence-electron chi connectivity index (χ0n) is 32.9. The van der Waals surface area contributed by atoms with Crippen molar-refractivity contribution in [1.82, 2.24) is 0 Å². The number of hydrogen-bond acceptors (Lipinski definition) is 2. The van der Waals surface area contributed by atoms with E-state index in [2.05, 4.69) is 229 Å². The fourth-order valence-corrected chi connectivity index (χ4v) is 8.75. The van der Waals surface area contributed by atoms with Crippen LogP contribution in [-0.4, -0.2) is 0 Å². The molecule has 0 unspecified atom stereocenters. The summed E-state index contributed by atoms with van der Waals surface area (Å²) < 4.78 is 6.36. The van der Waals surface area contributed by atoms with Crippen LogP contribution in [0.15, 0.2) is 241 Å². The fourth-order valence-electron chi connectivity index (χ4n) is 8.75. The average molecular weight is 766 g/mol. The van der Waals surface area contributed by atoms with Crippen LogP contribution in [0.1, 0.15) is 0 Å². The van der Waals surface area contributed by atoms with Gasteiger partial charge in [0.15, 0.2) is 0 Å². The maximum atomic E-state index is 6.36. The van der Waals surface area contributed by atoms with E-state index in [0.29, 0.717) is 0 Å². The van der Waals surface area contributed by atoms with Crippen molar-refractivity contribution in [2.24, 2.45) is 0 Å². The second-order valence-electron chi connectivity index (χ2n) is 15.3. The first kappa shape index (κ1) is 35.2. The van der Waals surface area contributed by atoms with E-state index in [0.717, 1.165) is 61.6 Å². The number of rotatable bonds is 8. The molecule has 1 heterocycles. The van der Waals surface area contributed by atoms with Crippen LogP contribution in [0.5, 0.6) is 0 Å². The molecule has 60 heavy (non-hydrogen) atoms. The standard InChI is InChI=1S/C58H39NO/c1-2-14-40(15-3-1)41-26-28-43(29-27-41)51-20-11-12-24-56(51)59(48-36-32-44(33-37-48)55-38-45-16-4-6-19-50(45)52-21-8-9-22-53(52)55)47-34-30-42(31-35-47)49-18-7-10-23-54(49)58-39-46-17-5-13-25-57(46)60-58/h1-39H. The van der Waals surface area contributed by atoms with Crippen LogP contribution in [-0.2, 0) is 0 Å². The van der Waals surface area contributed by atoms with E-state index >= 15 is 0 Å². The second kappa shape index (κ2) is 15.1. The van der Waals surface area contributed by atoms with Crippen molar-refractivity contribution < 1.29 is 4.42 Å². The van der Waals surface area contributed by atoms with Gasteiger partial charge in [0.2, 0.25) is 0 Å². The molecule has 0 aliphatic rings. The van der Waals surface area contributed by atoms with Gasteiger partial charge in [-0.1, -0.05) is 188 Å². The highest BCUT2D eigenvalue weighted by atomic mass is 16.3. The van der Waals surface area contributed by atoms with E-state index in [9.17, 15) is 0 Å². The van der Waals surface area contributed by atoms with Crippen LogP contribution in [0.4, 0.5) is 17.1 Å². The summed E-state index contributed by atoms with van der Waals surface area (Å²) in [5.74, 6) is 0.865. The molecule has 0 aliphatic carbocycles. The van der Waals surface area contributed by atoms with E-state index in [4.69, 9.17) is 4.42 Å². The minimum absolute atomic E-state index is 0.865. The van der Waals surface area contributed by atoms with Crippen LogP contribution in [0.25, 0.3) is 88.3 Å². The lowest BCUT2D eigenvalue weighted by Gasteiger charge is -2.28. The minimum atomic E-state index is 0.865. The maximum absolute atomic E-state index is 6.36. The molecular formula is C58H39NO. The molecule has 0 amide bonds. The largest absolute Gasteiger partial charge is 0.456 e. The summed E-state index contributed by atoms with van der Waals surface area (Å²) >= 11 is 0. The smallest absolute Gasteiger partial charge is 0.136 e. The molecule has 0 N–H and O–H groups in total. The summed E-state index contributed by atoms with van der Waals surface area (Å²) in [4.78, 5) is 2.39. The molecule has 0 saturated carbocycles. The Morgan fingerprint density at radius 1 is 0.283 bits per heavy atom. The maximum Gasteiger partial charge on any atom is 0.136 e. The van der Waals surface area contributed by atoms with E-state index in [1.54, 1.807) is 0 Å². The summed E-state index contributed by atoms with van der Waals surface area (Å²) in [7, 11) is 0. The first-order chi connectivity index (χ1) is 29.7. The zero-order valence-corrected chi connectivity index (χ0v) is 32.9. The molecular weight excluding hydrogens is 727 g/mol. The van der Waals surface area contributed by atoms with Crippen molar-refractivity contribution in [3.8, 4) is 55.8 Å². The SMILES string of the molecule is c1ccc(-c2ccc(-c3ccccc3N(c3ccc(-c4ccccc4-c4cc5ccccc5o4)cc3)c3ccc(-c4cc5ccccc5c5ccccc45)cc3)cc2)cc1. The molecule has 11 rings (SSSR count). The number of hydrogen-bond donors (Lipinski definition) is 0. The van der Waals surface area contributed by atoms with E-state index in [1.807, 2.05) is 12.1 Å². The van der Waals surface area contributed by atoms with Gasteiger partial charge in [-0.15, -0.1) is 0 Å². The number of para-hydroxylation sites is 2. The highest BCUT2D eigenvalue weighted by Crippen LogP contribution is 2.44. The van der Waals surface area contributed by atoms with Gasteiger partial charge in [0.25, 0.3) is 0 Å². The Kier molecular flexibility index (Phi) is 8.87. The molecule has 1 aromatic heterocycles. The second-order valence-corrected chi connectivity index (χ2v) is 15.3. The molecule has 282 valence electrons. The molecule has 0 bridgehead atoms. The molecule has 0 aliphatic heterocycles. The van der Waals surface area contributed by atoms with Gasteiger partial charge < -0.3 is 9.32 Å². The quantitative estimate of drug-likeness (QED) is 0.143. The van der Waals surface area contributed by atoms with Crippen LogP contribution in [0, 0.1) is 0 Å². The fraction of sp³-hybridized carbons (Fsp3) is 0. The number of fused-ring (bicyclic) bond motifs is 4. The van der Waals surface area contributed by atoms with Crippen molar-refractivity contribution in [2.45, 2.75) is 0 Å². The number of benzene rings is 10. The van der Waals surface area contributed by atoms with Crippen molar-refractivity contribution in [2.75, 3.05) is 4.90 Å². The molecule has 0 saturated heterocycles. The first-order valence-corrected chi connectivity index (χ1v) is 20.5. The van der Waals surface area contributed by atoms with Crippen LogP contribution >= 0.6 is 0 Å². The lowest BCUT2D eigenvalue weighted by atomic mass is 9.93. The van der Waals surface area contributed by atoms with Gasteiger partial charge in [-0.25, -0.2) is 0 Å². The highest BCUT2D eigenvalue weighted by molar-refractivity contribution is 6.13. The van der Waals surface area contributed by atoms with Crippen molar-refractivity contribution in [1.29, 1.82) is 0 Å². The highest BCUT2D eigenvalue weighted by Gasteiger charge is 2.19. The minimum Gasteiger partial charge on any atom is -0.456 e. The number of anilines is 3. The van der Waals surface area contributed by atoms with Crippen LogP contribution in [0.3, 0.4) is 0 Å². The average Bonchev–Trinajstić information content (AvgIpc) is 3.77. The Morgan fingerprint density at radius 2 is 0.767 bits per heavy atom. The summed E-state index contributed by atoms with van der Waals surface area (Å²) in [6.45, 7) is 0. The Morgan fingerprint density at radius 3 is 1.48 bits per heavy atom. The van der Waals surface area contributed by atoms with Crippen LogP contribution in [0.2, 0.25) is 0 Å². The van der Waals surface area contributed by atoms with Gasteiger partial charge >= 0.3 is 0 Å². The molecule has 10 aromatic carbocycles. The Bertz CT molecular complexity index is 3260. The molecule has 0 spiro atoms. The summed E-state index contributed by atoms with van der Waals surface area (Å²) in [6, 6.07) is 84.8. The van der Waals surface area contributed by atoms with Gasteiger partial charge in [-0.3, -0.25) is 0 Å². The van der Waals surface area contributed by atoms with E-state index in [1.165, 1.54) is 43.8 Å². The van der Waals surface area contributed by atoms with Crippen molar-refractivity contribution in [3.05, 3.63) is 237 Å². The monoisotopic (exact) mass is 765 g/mol. The van der Waals surface area contributed by atoms with Crippen molar-refractivity contribution >= 4 is 49.6 Å². The third-order valence-electron chi connectivity index (χ3n) is 11.7. The van der Waals surface area contributed by atoms with Gasteiger partial charge in [0.1, 0.15) is 11.3 Å². The Balaban J connectivity index is 1.02. The van der Waals surface area contributed by atoms with Crippen LogP contribution < -0.4 is 4.90 Å². The van der Waals surface area contributed by atoms with Gasteiger partial charge in [-0.05, 0) is 109 Å². The molecule has 2 heteroatoms. The van der Waals surface area contributed by atoms with Gasteiger partial charge in [-0.2, -0.15) is 0 Å². The molecule has 2 nitrogen and oxygen atoms in total. The molecule has 0 fully saturated rings. The van der Waals surface area contributed by atoms with E-state index < -0.39 is 0 Å². The number of furan rings is 1. The third-order valence-corrected chi connectivity index (χ3v) is 11.7. The predicted octanol–water partition coefficient (Wildman–Crippen LogP) is 16.5. The summed E-state index contributed by atoms with van der Waals surface area (Å²) in [5.41, 5.74) is 14.6. The van der Waals surface area contributed by atoms with Crippen molar-refractivity contribution in [3.63, 3.8) is 0 Å². The molecule has 11 aromatic rings. The Hall–Kier alpha value is -7.94. The summed E-state index contributed by atoms with van der Waals surface area (Å²) in [6.07, 6.45) is 0. The first-order valence-electron chi connectivity index (χ1n) is 20.5. The van der Waals surface area contributed by atoms with E-state index in [-0.39, 0.29) is 0 Å². The number of nitrogens with zero attached hydrogens (tertiary/aromatic N) is 1. The normalized spacial score (nSPS) is 11.3. The lowest BCUT2D eigenvalue weighted by molar-refractivity contribution is 0.632. The lowest BCUT2D eigenvalue weighted by Crippen LogP contribution is -2.11. The van der Waals surface area contributed by atoms with Gasteiger partial charge in [0.05, 0.1) is 5.69 Å². The molecule has 0 radical (unpaired) electrons. The zero-order chi connectivity index (χ0) is 39.8.